The van der Waals surface area contributed by atoms with Gasteiger partial charge in [-0.25, -0.2) is 5.43 Å². The topological polar surface area (TPSA) is 79.4 Å². The van der Waals surface area contributed by atoms with E-state index in [0.29, 0.717) is 17.1 Å². The van der Waals surface area contributed by atoms with Crippen LogP contribution in [0.5, 0.6) is 5.75 Å². The van der Waals surface area contributed by atoms with E-state index in [4.69, 9.17) is 4.74 Å². The first-order chi connectivity index (χ1) is 15.1. The second-order valence-electron chi connectivity index (χ2n) is 6.98. The predicted molar refractivity (Wildman–Crippen MR) is 122 cm³/mol. The molecule has 31 heavy (non-hydrogen) atoms. The predicted octanol–water partition coefficient (Wildman–Crippen LogP) is 4.91. The fourth-order valence-electron chi connectivity index (χ4n) is 3.14. The first-order valence-electron chi connectivity index (χ1n) is 9.84. The lowest BCUT2D eigenvalue weighted by atomic mass is 10.0. The Hall–Kier alpha value is -4.19. The van der Waals surface area contributed by atoms with Crippen molar-refractivity contribution in [1.82, 2.24) is 15.6 Å². The fourth-order valence-corrected chi connectivity index (χ4v) is 3.14. The van der Waals surface area contributed by atoms with Gasteiger partial charge in [-0.05, 0) is 53.9 Å². The Balaban J connectivity index is 1.42. The Labute approximate surface area is 180 Å². The molecule has 4 aromatic rings. The van der Waals surface area contributed by atoms with E-state index in [1.54, 1.807) is 13.2 Å². The SMILES string of the molecule is COc1ccc(-c2cc(C(=O)N/N=C(/C)c3ccc(-c4ccccc4)cc3)[nH]n2)cc1. The molecule has 6 heteroatoms. The molecule has 0 aliphatic rings. The van der Waals surface area contributed by atoms with Crippen LogP contribution in [0, 0.1) is 0 Å². The van der Waals surface area contributed by atoms with Gasteiger partial charge in [-0.3, -0.25) is 9.89 Å². The van der Waals surface area contributed by atoms with Gasteiger partial charge in [0, 0.05) is 5.56 Å². The molecule has 0 aliphatic heterocycles. The highest BCUT2D eigenvalue weighted by atomic mass is 16.5. The van der Waals surface area contributed by atoms with Gasteiger partial charge >= 0.3 is 0 Å². The summed E-state index contributed by atoms with van der Waals surface area (Å²) < 4.78 is 5.16. The lowest BCUT2D eigenvalue weighted by Gasteiger charge is -2.05. The van der Waals surface area contributed by atoms with Crippen molar-refractivity contribution < 1.29 is 9.53 Å². The standard InChI is InChI=1S/C25H22N4O2/c1-17(18-8-10-20(11-9-18)19-6-4-3-5-7-19)26-29-25(30)24-16-23(27-28-24)21-12-14-22(31-2)15-13-21/h3-16H,1-2H3,(H,27,28)(H,29,30)/b26-17-. The zero-order valence-electron chi connectivity index (χ0n) is 17.3. The summed E-state index contributed by atoms with van der Waals surface area (Å²) in [6.07, 6.45) is 0. The Bertz CT molecular complexity index is 1190. The lowest BCUT2D eigenvalue weighted by molar-refractivity contribution is 0.0950. The molecule has 4 rings (SSSR count). The monoisotopic (exact) mass is 410 g/mol. The number of ether oxygens (including phenoxy) is 1. The van der Waals surface area contributed by atoms with Gasteiger partial charge < -0.3 is 4.74 Å². The number of amides is 1. The summed E-state index contributed by atoms with van der Waals surface area (Å²) in [5, 5.41) is 11.2. The summed E-state index contributed by atoms with van der Waals surface area (Å²) in [6, 6.07) is 27.4. The molecule has 2 N–H and O–H groups in total. The molecular weight excluding hydrogens is 388 g/mol. The highest BCUT2D eigenvalue weighted by Gasteiger charge is 2.11. The Kier molecular flexibility index (Phi) is 5.89. The van der Waals surface area contributed by atoms with E-state index < -0.39 is 0 Å². The number of carbonyl (C=O) groups is 1. The fraction of sp³-hybridized carbons (Fsp3) is 0.0800. The van der Waals surface area contributed by atoms with E-state index in [9.17, 15) is 4.79 Å². The number of aromatic nitrogens is 2. The zero-order valence-corrected chi connectivity index (χ0v) is 17.3. The second-order valence-corrected chi connectivity index (χ2v) is 6.98. The van der Waals surface area contributed by atoms with Crippen LogP contribution in [0.25, 0.3) is 22.4 Å². The van der Waals surface area contributed by atoms with Gasteiger partial charge in [-0.1, -0.05) is 54.6 Å². The van der Waals surface area contributed by atoms with Gasteiger partial charge in [0.05, 0.1) is 18.5 Å². The minimum atomic E-state index is -0.354. The third kappa shape index (κ3) is 4.70. The first-order valence-corrected chi connectivity index (χ1v) is 9.84. The summed E-state index contributed by atoms with van der Waals surface area (Å²) in [5.74, 6) is 0.409. The maximum atomic E-state index is 12.5. The number of rotatable bonds is 6. The lowest BCUT2D eigenvalue weighted by Crippen LogP contribution is -2.19. The number of benzene rings is 3. The van der Waals surface area contributed by atoms with Crippen molar-refractivity contribution >= 4 is 11.6 Å². The number of hydrogen-bond donors (Lipinski definition) is 2. The van der Waals surface area contributed by atoms with Crippen LogP contribution in [0.2, 0.25) is 0 Å². The van der Waals surface area contributed by atoms with Gasteiger partial charge in [-0.2, -0.15) is 10.2 Å². The molecule has 0 atom stereocenters. The molecule has 0 spiro atoms. The number of nitrogens with zero attached hydrogens (tertiary/aromatic N) is 2. The molecular formula is C25H22N4O2. The third-order valence-electron chi connectivity index (χ3n) is 4.94. The van der Waals surface area contributed by atoms with Crippen molar-refractivity contribution in [2.45, 2.75) is 6.92 Å². The van der Waals surface area contributed by atoms with E-state index in [2.05, 4.69) is 32.9 Å². The highest BCUT2D eigenvalue weighted by molar-refractivity contribution is 6.01. The van der Waals surface area contributed by atoms with E-state index >= 15 is 0 Å². The molecule has 0 unspecified atom stereocenters. The molecule has 154 valence electrons. The summed E-state index contributed by atoms with van der Waals surface area (Å²) >= 11 is 0. The van der Waals surface area contributed by atoms with Gasteiger partial charge in [0.2, 0.25) is 0 Å². The van der Waals surface area contributed by atoms with Crippen molar-refractivity contribution in [3.8, 4) is 28.1 Å². The molecule has 0 fully saturated rings. The van der Waals surface area contributed by atoms with Crippen LogP contribution in [0.3, 0.4) is 0 Å². The third-order valence-corrected chi connectivity index (χ3v) is 4.94. The summed E-state index contributed by atoms with van der Waals surface area (Å²) in [5.41, 5.74) is 8.40. The molecule has 1 amide bonds. The number of H-pyrrole nitrogens is 1. The second kappa shape index (κ2) is 9.09. The Morgan fingerprint density at radius 2 is 1.55 bits per heavy atom. The minimum Gasteiger partial charge on any atom is -0.497 e. The van der Waals surface area contributed by atoms with Crippen LogP contribution >= 0.6 is 0 Å². The minimum absolute atomic E-state index is 0.335. The van der Waals surface area contributed by atoms with Gasteiger partial charge in [-0.15, -0.1) is 0 Å². The molecule has 0 saturated carbocycles. The Morgan fingerprint density at radius 3 is 2.23 bits per heavy atom. The van der Waals surface area contributed by atoms with Gasteiger partial charge in [0.1, 0.15) is 11.4 Å². The maximum absolute atomic E-state index is 12.5. The zero-order chi connectivity index (χ0) is 21.6. The van der Waals surface area contributed by atoms with Crippen molar-refractivity contribution in [3.05, 3.63) is 96.2 Å². The molecule has 0 saturated heterocycles. The van der Waals surface area contributed by atoms with Crippen molar-refractivity contribution in [1.29, 1.82) is 0 Å². The van der Waals surface area contributed by atoms with Crippen molar-refractivity contribution in [2.24, 2.45) is 5.10 Å². The van der Waals surface area contributed by atoms with E-state index in [0.717, 1.165) is 28.0 Å². The Morgan fingerprint density at radius 1 is 0.903 bits per heavy atom. The molecule has 1 aromatic heterocycles. The van der Waals surface area contributed by atoms with Gasteiger partial charge in [0.15, 0.2) is 0 Å². The molecule has 0 radical (unpaired) electrons. The van der Waals surface area contributed by atoms with Crippen LogP contribution in [0.15, 0.2) is 90.0 Å². The summed E-state index contributed by atoms with van der Waals surface area (Å²) in [7, 11) is 1.62. The summed E-state index contributed by atoms with van der Waals surface area (Å²) in [4.78, 5) is 12.5. The molecule has 3 aromatic carbocycles. The molecule has 0 bridgehead atoms. The van der Waals surface area contributed by atoms with E-state index in [1.807, 2.05) is 73.7 Å². The van der Waals surface area contributed by atoms with Crippen LogP contribution in [0.4, 0.5) is 0 Å². The highest BCUT2D eigenvalue weighted by Crippen LogP contribution is 2.21. The molecule has 0 aliphatic carbocycles. The number of nitrogens with one attached hydrogen (secondary N) is 2. The smallest absolute Gasteiger partial charge is 0.289 e. The largest absolute Gasteiger partial charge is 0.497 e. The van der Waals surface area contributed by atoms with Crippen LogP contribution < -0.4 is 10.2 Å². The van der Waals surface area contributed by atoms with E-state index in [1.165, 1.54) is 0 Å². The molecule has 6 nitrogen and oxygen atoms in total. The number of methoxy groups -OCH3 is 1. The number of hydrazone groups is 1. The average Bonchev–Trinajstić information content (AvgIpc) is 3.33. The normalized spacial score (nSPS) is 11.2. The first kappa shape index (κ1) is 20.1. The van der Waals surface area contributed by atoms with Crippen molar-refractivity contribution in [2.75, 3.05) is 7.11 Å². The van der Waals surface area contributed by atoms with Gasteiger partial charge in [0.25, 0.3) is 5.91 Å². The number of carbonyl (C=O) groups excluding carboxylic acids is 1. The number of aromatic amines is 1. The summed E-state index contributed by atoms with van der Waals surface area (Å²) in [6.45, 7) is 1.85. The molecule has 1 heterocycles. The average molecular weight is 410 g/mol. The van der Waals surface area contributed by atoms with Crippen molar-refractivity contribution in [3.63, 3.8) is 0 Å². The van der Waals surface area contributed by atoms with Crippen LogP contribution in [-0.2, 0) is 0 Å². The number of hydrogen-bond acceptors (Lipinski definition) is 4. The quantitative estimate of drug-likeness (QED) is 0.350. The maximum Gasteiger partial charge on any atom is 0.289 e. The van der Waals surface area contributed by atoms with Crippen LogP contribution in [0.1, 0.15) is 23.0 Å². The van der Waals surface area contributed by atoms with Crippen LogP contribution in [-0.4, -0.2) is 28.9 Å². The van der Waals surface area contributed by atoms with E-state index in [-0.39, 0.29) is 5.91 Å².